The SMILES string of the molecule is OCC1[C@H]2C=C[C@H]1C2. The van der Waals surface area contributed by atoms with Gasteiger partial charge in [-0.25, -0.2) is 0 Å². The fraction of sp³-hybridized carbons (Fsp3) is 0.714. The number of aliphatic hydroxyl groups excluding tert-OH is 1. The van der Waals surface area contributed by atoms with Crippen molar-refractivity contribution in [1.82, 2.24) is 0 Å². The second kappa shape index (κ2) is 1.35. The van der Waals surface area contributed by atoms with Gasteiger partial charge in [-0.1, -0.05) is 12.2 Å². The Bertz CT molecular complexity index is 116. The lowest BCUT2D eigenvalue weighted by Crippen LogP contribution is -2.31. The van der Waals surface area contributed by atoms with Crippen molar-refractivity contribution < 1.29 is 5.11 Å². The summed E-state index contributed by atoms with van der Waals surface area (Å²) in [5.74, 6) is 2.09. The summed E-state index contributed by atoms with van der Waals surface area (Å²) >= 11 is 0. The molecule has 3 rings (SSSR count). The summed E-state index contributed by atoms with van der Waals surface area (Å²) in [5, 5.41) is 8.73. The Morgan fingerprint density at radius 1 is 1.38 bits per heavy atom. The summed E-state index contributed by atoms with van der Waals surface area (Å²) in [6.45, 7) is 0.391. The second-order valence-electron chi connectivity index (χ2n) is 2.79. The third-order valence-corrected chi connectivity index (χ3v) is 2.46. The first-order valence-corrected chi connectivity index (χ1v) is 3.21. The van der Waals surface area contributed by atoms with E-state index in [-0.39, 0.29) is 0 Å². The minimum absolute atomic E-state index is 0.391. The highest BCUT2D eigenvalue weighted by Gasteiger charge is 2.41. The number of hydrogen-bond donors (Lipinski definition) is 1. The normalized spacial score (nSPS) is 49.4. The lowest BCUT2D eigenvalue weighted by molar-refractivity contribution is 0.0915. The molecule has 1 saturated carbocycles. The molecule has 1 N–H and O–H groups in total. The zero-order valence-corrected chi connectivity index (χ0v) is 4.75. The Morgan fingerprint density at radius 2 is 2.00 bits per heavy atom. The maximum Gasteiger partial charge on any atom is 0.0470 e. The molecule has 0 radical (unpaired) electrons. The molecule has 3 aliphatic carbocycles. The first-order valence-electron chi connectivity index (χ1n) is 3.21. The summed E-state index contributed by atoms with van der Waals surface area (Å²) in [7, 11) is 0. The minimum atomic E-state index is 0.391. The van der Waals surface area contributed by atoms with Crippen LogP contribution in [0.5, 0.6) is 0 Å². The molecule has 1 heteroatoms. The van der Waals surface area contributed by atoms with Gasteiger partial charge in [-0.15, -0.1) is 0 Å². The molecule has 0 spiro atoms. The quantitative estimate of drug-likeness (QED) is 0.495. The van der Waals surface area contributed by atoms with Gasteiger partial charge in [0.2, 0.25) is 0 Å². The predicted octanol–water partition coefficient (Wildman–Crippen LogP) is 0.801. The van der Waals surface area contributed by atoms with Gasteiger partial charge in [-0.3, -0.25) is 0 Å². The molecule has 0 unspecified atom stereocenters. The summed E-state index contributed by atoms with van der Waals surface area (Å²) in [5.41, 5.74) is 0. The van der Waals surface area contributed by atoms with Gasteiger partial charge in [-0.2, -0.15) is 0 Å². The molecule has 8 heavy (non-hydrogen) atoms. The second-order valence-corrected chi connectivity index (χ2v) is 2.79. The van der Waals surface area contributed by atoms with Crippen LogP contribution in [0.4, 0.5) is 0 Å². The van der Waals surface area contributed by atoms with E-state index >= 15 is 0 Å². The van der Waals surface area contributed by atoms with Crippen molar-refractivity contribution >= 4 is 0 Å². The van der Waals surface area contributed by atoms with Crippen molar-refractivity contribution in [2.75, 3.05) is 6.61 Å². The van der Waals surface area contributed by atoms with Crippen LogP contribution in [0.2, 0.25) is 0 Å². The molecule has 0 heterocycles. The van der Waals surface area contributed by atoms with Crippen molar-refractivity contribution in [3.05, 3.63) is 12.2 Å². The van der Waals surface area contributed by atoms with Crippen LogP contribution >= 0.6 is 0 Å². The third-order valence-electron chi connectivity index (χ3n) is 2.46. The van der Waals surface area contributed by atoms with Crippen LogP contribution in [-0.2, 0) is 0 Å². The summed E-state index contributed by atoms with van der Waals surface area (Å²) in [4.78, 5) is 0. The smallest absolute Gasteiger partial charge is 0.0470 e. The van der Waals surface area contributed by atoms with Gasteiger partial charge in [0.25, 0.3) is 0 Å². The zero-order valence-electron chi connectivity index (χ0n) is 4.75. The molecule has 0 aromatic heterocycles. The lowest BCUT2D eigenvalue weighted by Gasteiger charge is -2.34. The highest BCUT2D eigenvalue weighted by Crippen LogP contribution is 2.47. The highest BCUT2D eigenvalue weighted by atomic mass is 16.3. The molecule has 1 nitrogen and oxygen atoms in total. The van der Waals surface area contributed by atoms with E-state index in [9.17, 15) is 0 Å². The summed E-state index contributed by atoms with van der Waals surface area (Å²) < 4.78 is 0. The molecule has 0 aromatic rings. The molecule has 0 saturated heterocycles. The average Bonchev–Trinajstić information content (AvgIpc) is 2.19. The maximum atomic E-state index is 8.73. The van der Waals surface area contributed by atoms with Crippen LogP contribution in [0.15, 0.2) is 12.2 Å². The van der Waals surface area contributed by atoms with Gasteiger partial charge in [0.05, 0.1) is 0 Å². The van der Waals surface area contributed by atoms with E-state index in [1.165, 1.54) is 6.42 Å². The molecule has 3 aliphatic rings. The molecule has 2 atom stereocenters. The first-order chi connectivity index (χ1) is 3.92. The van der Waals surface area contributed by atoms with Crippen molar-refractivity contribution in [1.29, 1.82) is 0 Å². The van der Waals surface area contributed by atoms with Gasteiger partial charge in [0, 0.05) is 6.61 Å². The third kappa shape index (κ3) is 0.360. The van der Waals surface area contributed by atoms with Gasteiger partial charge in [-0.05, 0) is 24.2 Å². The Morgan fingerprint density at radius 3 is 2.25 bits per heavy atom. The van der Waals surface area contributed by atoms with Crippen LogP contribution in [0.3, 0.4) is 0 Å². The Balaban J connectivity index is 2.08. The molecule has 44 valence electrons. The Labute approximate surface area is 49.0 Å². The van der Waals surface area contributed by atoms with E-state index in [1.54, 1.807) is 0 Å². The summed E-state index contributed by atoms with van der Waals surface area (Å²) in [6, 6.07) is 0. The molecule has 0 aliphatic heterocycles. The summed E-state index contributed by atoms with van der Waals surface area (Å²) in [6.07, 6.45) is 5.79. The van der Waals surface area contributed by atoms with E-state index in [0.29, 0.717) is 12.5 Å². The van der Waals surface area contributed by atoms with E-state index < -0.39 is 0 Å². The number of allylic oxidation sites excluding steroid dienone is 2. The van der Waals surface area contributed by atoms with Crippen molar-refractivity contribution in [3.8, 4) is 0 Å². The Hall–Kier alpha value is -0.300. The van der Waals surface area contributed by atoms with Crippen LogP contribution < -0.4 is 0 Å². The molecule has 0 aromatic carbocycles. The topological polar surface area (TPSA) is 20.2 Å². The van der Waals surface area contributed by atoms with Gasteiger partial charge in [0.1, 0.15) is 0 Å². The van der Waals surface area contributed by atoms with Crippen molar-refractivity contribution in [3.63, 3.8) is 0 Å². The zero-order chi connectivity index (χ0) is 5.56. The first kappa shape index (κ1) is 4.57. The largest absolute Gasteiger partial charge is 0.396 e. The number of hydrogen-bond acceptors (Lipinski definition) is 1. The highest BCUT2D eigenvalue weighted by molar-refractivity contribution is 5.15. The molecule has 0 amide bonds. The number of aliphatic hydroxyl groups is 1. The fourth-order valence-electron chi connectivity index (χ4n) is 1.78. The van der Waals surface area contributed by atoms with E-state index in [4.69, 9.17) is 5.11 Å². The van der Waals surface area contributed by atoms with Gasteiger partial charge in [0.15, 0.2) is 0 Å². The monoisotopic (exact) mass is 110 g/mol. The standard InChI is InChI=1S/C7H10O/c8-4-7-5-1-2-6(7)3-5/h1-2,5-8H,3-4H2/t5-,6-/m0/s1. The predicted molar refractivity (Wildman–Crippen MR) is 31.3 cm³/mol. The van der Waals surface area contributed by atoms with Crippen LogP contribution in [0.25, 0.3) is 0 Å². The average molecular weight is 110 g/mol. The van der Waals surface area contributed by atoms with Crippen molar-refractivity contribution in [2.45, 2.75) is 6.42 Å². The van der Waals surface area contributed by atoms with Crippen molar-refractivity contribution in [2.24, 2.45) is 17.8 Å². The number of rotatable bonds is 1. The molecule has 1 fully saturated rings. The van der Waals surface area contributed by atoms with Gasteiger partial charge >= 0.3 is 0 Å². The van der Waals surface area contributed by atoms with Crippen LogP contribution in [0.1, 0.15) is 6.42 Å². The van der Waals surface area contributed by atoms with Crippen LogP contribution in [0, 0.1) is 17.8 Å². The van der Waals surface area contributed by atoms with E-state index in [0.717, 1.165) is 11.8 Å². The van der Waals surface area contributed by atoms with Gasteiger partial charge < -0.3 is 5.11 Å². The van der Waals surface area contributed by atoms with E-state index in [1.807, 2.05) is 0 Å². The minimum Gasteiger partial charge on any atom is -0.396 e. The lowest BCUT2D eigenvalue weighted by atomic mass is 9.72. The Kier molecular flexibility index (Phi) is 0.770. The maximum absolute atomic E-state index is 8.73. The molecule has 2 bridgehead atoms. The fourth-order valence-corrected chi connectivity index (χ4v) is 1.78. The van der Waals surface area contributed by atoms with Crippen LogP contribution in [-0.4, -0.2) is 11.7 Å². The van der Waals surface area contributed by atoms with E-state index in [2.05, 4.69) is 12.2 Å². The molecular weight excluding hydrogens is 100 g/mol. The molecular formula is C7H10O.